The van der Waals surface area contributed by atoms with Crippen LogP contribution in [0.5, 0.6) is 11.5 Å². The lowest BCUT2D eigenvalue weighted by Gasteiger charge is -2.12. The van der Waals surface area contributed by atoms with Gasteiger partial charge in [-0.05, 0) is 48.2 Å². The Hall–Kier alpha value is -2.04. The third-order valence-corrected chi connectivity index (χ3v) is 3.60. The van der Waals surface area contributed by atoms with Crippen molar-refractivity contribution in [3.8, 4) is 11.5 Å². The highest BCUT2D eigenvalue weighted by molar-refractivity contribution is 5.29. The molecule has 0 aliphatic rings. The van der Waals surface area contributed by atoms with Gasteiger partial charge >= 0.3 is 0 Å². The molecule has 4 heteroatoms. The standard InChI is InChI=1S/C19H24NO3/c1-22-18-10-7-15(8-11-18)6-9-17(21)14-20-13-16-4-3-5-19(12-16)23-2/h3-5,7-12,17,20-21H,6,13-14H2,1-2H3/t17-/m1/s1. The van der Waals surface area contributed by atoms with Crippen LogP contribution >= 0.6 is 0 Å². The molecule has 23 heavy (non-hydrogen) atoms. The minimum absolute atomic E-state index is 0.484. The van der Waals surface area contributed by atoms with Crippen LogP contribution in [0, 0.1) is 6.42 Å². The van der Waals surface area contributed by atoms with Gasteiger partial charge in [-0.2, -0.15) is 0 Å². The zero-order valence-electron chi connectivity index (χ0n) is 13.7. The second-order valence-electron chi connectivity index (χ2n) is 5.34. The van der Waals surface area contributed by atoms with Crippen molar-refractivity contribution >= 4 is 0 Å². The lowest BCUT2D eigenvalue weighted by Crippen LogP contribution is -2.27. The van der Waals surface area contributed by atoms with Crippen molar-refractivity contribution in [2.45, 2.75) is 19.1 Å². The van der Waals surface area contributed by atoms with E-state index < -0.39 is 6.10 Å². The molecule has 123 valence electrons. The highest BCUT2D eigenvalue weighted by atomic mass is 16.5. The molecule has 0 saturated heterocycles. The fourth-order valence-corrected chi connectivity index (χ4v) is 2.26. The average molecular weight is 314 g/mol. The van der Waals surface area contributed by atoms with Gasteiger partial charge in [0, 0.05) is 13.1 Å². The number of aliphatic hydroxyl groups is 1. The summed E-state index contributed by atoms with van der Waals surface area (Å²) in [4.78, 5) is 0. The van der Waals surface area contributed by atoms with Gasteiger partial charge in [0.15, 0.2) is 0 Å². The third kappa shape index (κ3) is 5.93. The lowest BCUT2D eigenvalue weighted by molar-refractivity contribution is 0.200. The maximum atomic E-state index is 10.0. The number of ether oxygens (including phenoxy) is 2. The van der Waals surface area contributed by atoms with Crippen LogP contribution in [0.15, 0.2) is 48.5 Å². The van der Waals surface area contributed by atoms with Crippen molar-refractivity contribution in [1.29, 1.82) is 0 Å². The number of nitrogens with one attached hydrogen (secondary N) is 1. The van der Waals surface area contributed by atoms with Crippen molar-refractivity contribution in [3.63, 3.8) is 0 Å². The van der Waals surface area contributed by atoms with Gasteiger partial charge in [0.2, 0.25) is 0 Å². The summed E-state index contributed by atoms with van der Waals surface area (Å²) in [5, 5.41) is 13.3. The van der Waals surface area contributed by atoms with Gasteiger partial charge in [-0.25, -0.2) is 0 Å². The second kappa shape index (κ2) is 9.18. The van der Waals surface area contributed by atoms with Gasteiger partial charge < -0.3 is 19.9 Å². The number of aliphatic hydroxyl groups excluding tert-OH is 1. The van der Waals surface area contributed by atoms with Crippen molar-refractivity contribution in [1.82, 2.24) is 5.32 Å². The van der Waals surface area contributed by atoms with Crippen LogP contribution in [0.3, 0.4) is 0 Å². The maximum absolute atomic E-state index is 10.0. The Labute approximate surface area is 138 Å². The smallest absolute Gasteiger partial charge is 0.119 e. The molecule has 0 heterocycles. The molecule has 2 rings (SSSR count). The van der Waals surface area contributed by atoms with Crippen LogP contribution in [0.2, 0.25) is 0 Å². The number of hydrogen-bond acceptors (Lipinski definition) is 4. The van der Waals surface area contributed by atoms with Crippen molar-refractivity contribution in [3.05, 3.63) is 66.1 Å². The van der Waals surface area contributed by atoms with Crippen LogP contribution in [-0.4, -0.2) is 32.0 Å². The van der Waals surface area contributed by atoms with Crippen LogP contribution in [0.25, 0.3) is 0 Å². The van der Waals surface area contributed by atoms with E-state index in [2.05, 4.69) is 5.32 Å². The second-order valence-corrected chi connectivity index (χ2v) is 5.34. The van der Waals surface area contributed by atoms with E-state index in [0.717, 1.165) is 29.0 Å². The fraction of sp³-hybridized carbons (Fsp3) is 0.316. The number of methoxy groups -OCH3 is 2. The topological polar surface area (TPSA) is 50.7 Å². The largest absolute Gasteiger partial charge is 0.497 e. The van der Waals surface area contributed by atoms with Crippen molar-refractivity contribution in [2.75, 3.05) is 20.8 Å². The maximum Gasteiger partial charge on any atom is 0.119 e. The van der Waals surface area contributed by atoms with Crippen LogP contribution < -0.4 is 14.8 Å². The molecule has 2 aromatic rings. The third-order valence-electron chi connectivity index (χ3n) is 3.60. The molecular formula is C19H24NO3. The first-order valence-electron chi connectivity index (χ1n) is 7.69. The first-order valence-corrected chi connectivity index (χ1v) is 7.69. The molecular weight excluding hydrogens is 290 g/mol. The average Bonchev–Trinajstić information content (AvgIpc) is 2.60. The molecule has 0 aliphatic heterocycles. The molecule has 0 amide bonds. The van der Waals surface area contributed by atoms with Crippen molar-refractivity contribution < 1.29 is 14.6 Å². The molecule has 0 aromatic heterocycles. The first kappa shape index (κ1) is 17.3. The SMILES string of the molecule is COc1ccc(C[CH][C@@H](O)CNCc2cccc(OC)c2)cc1. The summed E-state index contributed by atoms with van der Waals surface area (Å²) in [7, 11) is 3.31. The Morgan fingerprint density at radius 2 is 1.74 bits per heavy atom. The van der Waals surface area contributed by atoms with Gasteiger partial charge in [-0.15, -0.1) is 0 Å². The molecule has 0 saturated carbocycles. The molecule has 0 spiro atoms. The van der Waals surface area contributed by atoms with Gasteiger partial charge in [0.1, 0.15) is 11.5 Å². The summed E-state index contributed by atoms with van der Waals surface area (Å²) in [6.07, 6.45) is 2.15. The van der Waals surface area contributed by atoms with Crippen molar-refractivity contribution in [2.24, 2.45) is 0 Å². The molecule has 0 unspecified atom stereocenters. The first-order chi connectivity index (χ1) is 11.2. The molecule has 2 aromatic carbocycles. The van der Waals surface area contributed by atoms with E-state index in [0.29, 0.717) is 13.1 Å². The predicted molar refractivity (Wildman–Crippen MR) is 91.7 cm³/mol. The summed E-state index contributed by atoms with van der Waals surface area (Å²) in [6, 6.07) is 15.8. The highest BCUT2D eigenvalue weighted by Gasteiger charge is 2.05. The van der Waals surface area contributed by atoms with E-state index in [9.17, 15) is 5.11 Å². The van der Waals surface area contributed by atoms with E-state index in [1.54, 1.807) is 14.2 Å². The summed E-state index contributed by atoms with van der Waals surface area (Å²) >= 11 is 0. The minimum Gasteiger partial charge on any atom is -0.497 e. The van der Waals surface area contributed by atoms with E-state index in [-0.39, 0.29) is 0 Å². The van der Waals surface area contributed by atoms with Gasteiger partial charge in [-0.1, -0.05) is 24.3 Å². The van der Waals surface area contributed by atoms with Gasteiger partial charge in [0.25, 0.3) is 0 Å². The van der Waals surface area contributed by atoms with Gasteiger partial charge in [0.05, 0.1) is 20.3 Å². The number of benzene rings is 2. The summed E-state index contributed by atoms with van der Waals surface area (Å²) in [6.45, 7) is 1.22. The van der Waals surface area contributed by atoms with Gasteiger partial charge in [-0.3, -0.25) is 0 Å². The molecule has 1 atom stereocenters. The Morgan fingerprint density at radius 3 is 2.43 bits per heavy atom. The molecule has 0 bridgehead atoms. The number of hydrogen-bond donors (Lipinski definition) is 2. The normalized spacial score (nSPS) is 12.0. The quantitative estimate of drug-likeness (QED) is 0.747. The molecule has 0 fully saturated rings. The summed E-state index contributed by atoms with van der Waals surface area (Å²) in [5.41, 5.74) is 2.28. The zero-order chi connectivity index (χ0) is 16.5. The van der Waals surface area contributed by atoms with E-state index >= 15 is 0 Å². The molecule has 4 nitrogen and oxygen atoms in total. The van der Waals surface area contributed by atoms with Crippen LogP contribution in [0.1, 0.15) is 11.1 Å². The lowest BCUT2D eigenvalue weighted by atomic mass is 10.1. The molecule has 0 aliphatic carbocycles. The summed E-state index contributed by atoms with van der Waals surface area (Å²) in [5.74, 6) is 1.69. The molecule has 2 N–H and O–H groups in total. The van der Waals surface area contributed by atoms with Crippen LogP contribution in [-0.2, 0) is 13.0 Å². The van der Waals surface area contributed by atoms with Crippen LogP contribution in [0.4, 0.5) is 0 Å². The zero-order valence-corrected chi connectivity index (χ0v) is 13.7. The Morgan fingerprint density at radius 1 is 1.00 bits per heavy atom. The predicted octanol–water partition coefficient (Wildman–Crippen LogP) is 2.60. The monoisotopic (exact) mass is 314 g/mol. The number of rotatable bonds is 9. The molecule has 1 radical (unpaired) electrons. The minimum atomic E-state index is -0.484. The summed E-state index contributed by atoms with van der Waals surface area (Å²) < 4.78 is 10.3. The Bertz CT molecular complexity index is 583. The van der Waals surface area contributed by atoms with E-state index in [1.165, 1.54) is 0 Å². The fourth-order valence-electron chi connectivity index (χ4n) is 2.26. The Kier molecular flexibility index (Phi) is 6.91. The highest BCUT2D eigenvalue weighted by Crippen LogP contribution is 2.13. The Balaban J connectivity index is 1.69. The van der Waals surface area contributed by atoms with E-state index in [1.807, 2.05) is 55.0 Å². The van der Waals surface area contributed by atoms with E-state index in [4.69, 9.17) is 9.47 Å².